The Labute approximate surface area is 175 Å². The maximum atomic E-state index is 13.3. The number of carbonyl (C=O) groups excluding carboxylic acids is 1. The third kappa shape index (κ3) is 3.01. The van der Waals surface area contributed by atoms with Gasteiger partial charge in [-0.2, -0.15) is 10.2 Å². The van der Waals surface area contributed by atoms with Crippen molar-refractivity contribution in [1.82, 2.24) is 19.6 Å². The van der Waals surface area contributed by atoms with Crippen LogP contribution in [0.25, 0.3) is 22.3 Å². The number of anilines is 1. The number of rotatable bonds is 3. The Hall–Kier alpha value is -3.67. The van der Waals surface area contributed by atoms with Crippen LogP contribution < -0.4 is 4.90 Å². The second-order valence-corrected chi connectivity index (χ2v) is 7.60. The summed E-state index contributed by atoms with van der Waals surface area (Å²) in [5, 5.41) is 9.12. The zero-order valence-electron chi connectivity index (χ0n) is 17.1. The molecular weight excluding hydrogens is 374 g/mol. The van der Waals surface area contributed by atoms with Crippen LogP contribution in [0, 0.1) is 6.92 Å². The average molecular weight is 397 g/mol. The molecular formula is C24H23N5O. The van der Waals surface area contributed by atoms with Crippen molar-refractivity contribution in [2.75, 3.05) is 11.4 Å². The van der Waals surface area contributed by atoms with Gasteiger partial charge in [0.1, 0.15) is 5.82 Å². The number of aryl methyl sites for hydroxylation is 3. The number of aromatic nitrogens is 4. The molecule has 0 saturated heterocycles. The van der Waals surface area contributed by atoms with Gasteiger partial charge in [0.05, 0.1) is 5.69 Å². The zero-order chi connectivity index (χ0) is 20.7. The van der Waals surface area contributed by atoms with E-state index >= 15 is 0 Å². The van der Waals surface area contributed by atoms with Gasteiger partial charge in [-0.3, -0.25) is 14.4 Å². The summed E-state index contributed by atoms with van der Waals surface area (Å²) < 4.78 is 3.63. The third-order valence-corrected chi connectivity index (χ3v) is 5.57. The molecule has 0 atom stereocenters. The minimum absolute atomic E-state index is 0.0881. The maximum absolute atomic E-state index is 13.3. The number of carbonyl (C=O) groups is 1. The van der Waals surface area contributed by atoms with E-state index in [4.69, 9.17) is 5.10 Å². The number of amides is 1. The highest BCUT2D eigenvalue weighted by Gasteiger charge is 2.31. The lowest BCUT2D eigenvalue weighted by atomic mass is 9.94. The molecule has 0 bridgehead atoms. The Kier molecular flexibility index (Phi) is 4.47. The highest BCUT2D eigenvalue weighted by Crippen LogP contribution is 2.41. The second-order valence-electron chi connectivity index (χ2n) is 7.60. The molecule has 0 saturated carbocycles. The molecule has 30 heavy (non-hydrogen) atoms. The molecule has 0 radical (unpaired) electrons. The van der Waals surface area contributed by atoms with E-state index < -0.39 is 0 Å². The molecule has 1 amide bonds. The first-order chi connectivity index (χ1) is 14.6. The zero-order valence-corrected chi connectivity index (χ0v) is 17.1. The molecule has 0 fully saturated rings. The van der Waals surface area contributed by atoms with Gasteiger partial charge < -0.3 is 0 Å². The molecule has 6 heteroatoms. The number of benzene rings is 2. The monoisotopic (exact) mass is 397 g/mol. The first kappa shape index (κ1) is 18.4. The van der Waals surface area contributed by atoms with Gasteiger partial charge >= 0.3 is 0 Å². The lowest BCUT2D eigenvalue weighted by Crippen LogP contribution is -2.38. The largest absolute Gasteiger partial charge is 0.291 e. The maximum Gasteiger partial charge on any atom is 0.279 e. The lowest BCUT2D eigenvalue weighted by Gasteiger charge is -2.28. The molecule has 2 aromatic carbocycles. The van der Waals surface area contributed by atoms with Crippen LogP contribution in [0.2, 0.25) is 0 Å². The lowest BCUT2D eigenvalue weighted by molar-refractivity contribution is 0.0976. The standard InChI is InChI=1S/C24H23N5O/c1-17-22(20-12-7-6-11-19(20)18-9-4-3-5-10-18)23-28(14-8-15-29(23)25-17)24(30)21-13-16-27(2)26-21/h3-7,9-13,16H,8,14-15H2,1-2H3. The number of nitrogens with zero attached hydrogens (tertiary/aromatic N) is 5. The highest BCUT2D eigenvalue weighted by molar-refractivity contribution is 6.07. The summed E-state index contributed by atoms with van der Waals surface area (Å²) in [5.74, 6) is 0.771. The van der Waals surface area contributed by atoms with Gasteiger partial charge in [-0.15, -0.1) is 0 Å². The number of hydrogen-bond donors (Lipinski definition) is 0. The number of fused-ring (bicyclic) bond motifs is 1. The Morgan fingerprint density at radius 2 is 1.63 bits per heavy atom. The van der Waals surface area contributed by atoms with Gasteiger partial charge in [0.2, 0.25) is 0 Å². The van der Waals surface area contributed by atoms with Crippen LogP contribution in [0.3, 0.4) is 0 Å². The van der Waals surface area contributed by atoms with Crippen molar-refractivity contribution in [1.29, 1.82) is 0 Å². The predicted octanol–water partition coefficient (Wildman–Crippen LogP) is 4.31. The van der Waals surface area contributed by atoms with E-state index in [1.807, 2.05) is 53.9 Å². The van der Waals surface area contributed by atoms with Crippen LogP contribution in [0.15, 0.2) is 66.9 Å². The van der Waals surface area contributed by atoms with Crippen LogP contribution >= 0.6 is 0 Å². The minimum atomic E-state index is -0.0881. The topological polar surface area (TPSA) is 56.0 Å². The molecule has 0 unspecified atom stereocenters. The van der Waals surface area contributed by atoms with Gasteiger partial charge in [-0.1, -0.05) is 54.6 Å². The Morgan fingerprint density at radius 1 is 0.900 bits per heavy atom. The van der Waals surface area contributed by atoms with E-state index in [1.165, 1.54) is 0 Å². The summed E-state index contributed by atoms with van der Waals surface area (Å²) in [6.45, 7) is 3.47. The van der Waals surface area contributed by atoms with Crippen LogP contribution in [0.1, 0.15) is 22.6 Å². The highest BCUT2D eigenvalue weighted by atomic mass is 16.2. The van der Waals surface area contributed by atoms with Crippen molar-refractivity contribution in [3.8, 4) is 22.3 Å². The van der Waals surface area contributed by atoms with Crippen molar-refractivity contribution in [3.05, 3.63) is 78.2 Å². The van der Waals surface area contributed by atoms with Crippen molar-refractivity contribution < 1.29 is 4.79 Å². The minimum Gasteiger partial charge on any atom is -0.291 e. The molecule has 6 nitrogen and oxygen atoms in total. The van der Waals surface area contributed by atoms with Crippen molar-refractivity contribution in [2.24, 2.45) is 7.05 Å². The SMILES string of the molecule is Cc1nn2c(c1-c1ccccc1-c1ccccc1)N(C(=O)c1ccn(C)n1)CCC2. The molecule has 5 rings (SSSR count). The summed E-state index contributed by atoms with van der Waals surface area (Å²) in [6.07, 6.45) is 2.66. The predicted molar refractivity (Wildman–Crippen MR) is 117 cm³/mol. The van der Waals surface area contributed by atoms with E-state index in [1.54, 1.807) is 16.9 Å². The van der Waals surface area contributed by atoms with Gasteiger partial charge in [-0.05, 0) is 36.1 Å². The summed E-state index contributed by atoms with van der Waals surface area (Å²) in [7, 11) is 1.82. The molecule has 1 aliphatic heterocycles. The Bertz CT molecular complexity index is 1220. The van der Waals surface area contributed by atoms with E-state index in [0.717, 1.165) is 46.7 Å². The van der Waals surface area contributed by atoms with E-state index in [0.29, 0.717) is 12.2 Å². The van der Waals surface area contributed by atoms with Gasteiger partial charge in [-0.25, -0.2) is 4.68 Å². The quantitative estimate of drug-likeness (QED) is 0.518. The fourth-order valence-electron chi connectivity index (χ4n) is 4.24. The van der Waals surface area contributed by atoms with E-state index in [2.05, 4.69) is 29.4 Å². The first-order valence-electron chi connectivity index (χ1n) is 10.2. The smallest absolute Gasteiger partial charge is 0.279 e. The average Bonchev–Trinajstić information content (AvgIpc) is 3.36. The summed E-state index contributed by atoms with van der Waals surface area (Å²) in [4.78, 5) is 15.2. The summed E-state index contributed by atoms with van der Waals surface area (Å²) >= 11 is 0. The van der Waals surface area contributed by atoms with Crippen molar-refractivity contribution >= 4 is 11.7 Å². The van der Waals surface area contributed by atoms with Gasteiger partial charge in [0.15, 0.2) is 5.69 Å². The molecule has 4 aromatic rings. The van der Waals surface area contributed by atoms with Crippen LogP contribution in [-0.4, -0.2) is 32.0 Å². The Balaban J connectivity index is 1.68. The van der Waals surface area contributed by atoms with E-state index in [9.17, 15) is 4.79 Å². The van der Waals surface area contributed by atoms with Crippen LogP contribution in [-0.2, 0) is 13.6 Å². The van der Waals surface area contributed by atoms with Gasteiger partial charge in [0.25, 0.3) is 5.91 Å². The summed E-state index contributed by atoms with van der Waals surface area (Å²) in [6, 6.07) is 20.4. The fraction of sp³-hybridized carbons (Fsp3) is 0.208. The molecule has 0 spiro atoms. The van der Waals surface area contributed by atoms with Crippen LogP contribution in [0.4, 0.5) is 5.82 Å². The normalized spacial score (nSPS) is 13.3. The van der Waals surface area contributed by atoms with Crippen molar-refractivity contribution in [2.45, 2.75) is 19.9 Å². The van der Waals surface area contributed by atoms with Crippen molar-refractivity contribution in [3.63, 3.8) is 0 Å². The fourth-order valence-corrected chi connectivity index (χ4v) is 4.24. The molecule has 3 heterocycles. The second kappa shape index (κ2) is 7.30. The molecule has 1 aliphatic rings. The van der Waals surface area contributed by atoms with Crippen LogP contribution in [0.5, 0.6) is 0 Å². The number of hydrogen-bond acceptors (Lipinski definition) is 3. The third-order valence-electron chi connectivity index (χ3n) is 5.57. The first-order valence-corrected chi connectivity index (χ1v) is 10.2. The molecule has 0 aliphatic carbocycles. The molecule has 2 aromatic heterocycles. The Morgan fingerprint density at radius 3 is 2.37 bits per heavy atom. The molecule has 0 N–H and O–H groups in total. The summed E-state index contributed by atoms with van der Waals surface area (Å²) in [5.41, 5.74) is 5.75. The van der Waals surface area contributed by atoms with E-state index in [-0.39, 0.29) is 5.91 Å². The van der Waals surface area contributed by atoms with Gasteiger partial charge in [0, 0.05) is 31.9 Å². The molecule has 150 valence electrons.